The molecule has 3 N–H and O–H groups in total. The van der Waals surface area contributed by atoms with Gasteiger partial charge in [-0.2, -0.15) is 0 Å². The molecule has 0 saturated heterocycles. The van der Waals surface area contributed by atoms with Crippen molar-refractivity contribution in [1.29, 1.82) is 0 Å². The van der Waals surface area contributed by atoms with Crippen molar-refractivity contribution in [2.45, 2.75) is 6.92 Å². The summed E-state index contributed by atoms with van der Waals surface area (Å²) < 4.78 is 24.9. The molecule has 0 spiro atoms. The molecule has 0 bridgehead atoms. The second-order valence-corrected chi connectivity index (χ2v) is 6.55. The van der Waals surface area contributed by atoms with E-state index in [1.807, 2.05) is 0 Å². The Labute approximate surface area is 114 Å². The summed E-state index contributed by atoms with van der Waals surface area (Å²) in [6.45, 7) is 1.92. The van der Waals surface area contributed by atoms with Gasteiger partial charge >= 0.3 is 5.97 Å². The maximum absolute atomic E-state index is 11.6. The zero-order valence-electron chi connectivity index (χ0n) is 10.2. The third kappa shape index (κ3) is 4.97. The Morgan fingerprint density at radius 1 is 1.32 bits per heavy atom. The van der Waals surface area contributed by atoms with Gasteiger partial charge in [-0.25, -0.2) is 17.9 Å². The van der Waals surface area contributed by atoms with Crippen molar-refractivity contribution in [3.8, 4) is 0 Å². The third-order valence-electron chi connectivity index (χ3n) is 2.06. The quantitative estimate of drug-likeness (QED) is 0.662. The number of hydrogen-bond donors (Lipinski definition) is 3. The molecule has 1 amide bonds. The molecule has 0 aliphatic rings. The predicted octanol–water partition coefficient (Wildman–Crippen LogP) is 0.115. The van der Waals surface area contributed by atoms with Gasteiger partial charge in [-0.15, -0.1) is 11.3 Å². The lowest BCUT2D eigenvalue weighted by Gasteiger charge is -2.05. The maximum atomic E-state index is 11.6. The van der Waals surface area contributed by atoms with E-state index < -0.39 is 21.9 Å². The normalized spacial score (nSPS) is 11.2. The van der Waals surface area contributed by atoms with Crippen molar-refractivity contribution in [2.75, 3.05) is 18.8 Å². The van der Waals surface area contributed by atoms with Gasteiger partial charge < -0.3 is 10.4 Å². The van der Waals surface area contributed by atoms with Crippen LogP contribution in [-0.4, -0.2) is 44.2 Å². The van der Waals surface area contributed by atoms with E-state index in [2.05, 4.69) is 10.0 Å². The minimum absolute atomic E-state index is 0.0333. The van der Waals surface area contributed by atoms with Gasteiger partial charge in [0.1, 0.15) is 4.88 Å². The largest absolute Gasteiger partial charge is 0.477 e. The van der Waals surface area contributed by atoms with E-state index in [0.29, 0.717) is 6.54 Å². The number of thiophene rings is 1. The van der Waals surface area contributed by atoms with Crippen LogP contribution in [0.2, 0.25) is 0 Å². The first-order valence-corrected chi connectivity index (χ1v) is 7.91. The summed E-state index contributed by atoms with van der Waals surface area (Å²) >= 11 is 0.841. The van der Waals surface area contributed by atoms with Gasteiger partial charge in [0.15, 0.2) is 0 Å². The van der Waals surface area contributed by atoms with Gasteiger partial charge in [0.2, 0.25) is 10.0 Å². The Morgan fingerprint density at radius 3 is 2.47 bits per heavy atom. The Morgan fingerprint density at radius 2 is 1.95 bits per heavy atom. The number of carboxylic acid groups (broad SMARTS) is 1. The molecule has 0 fully saturated rings. The second-order valence-electron chi connectivity index (χ2n) is 3.54. The molecule has 1 heterocycles. The molecule has 106 valence electrons. The highest BCUT2D eigenvalue weighted by Crippen LogP contribution is 2.15. The number of amides is 1. The van der Waals surface area contributed by atoms with Gasteiger partial charge in [-0.3, -0.25) is 4.79 Å². The molecule has 1 aromatic heterocycles. The van der Waals surface area contributed by atoms with Crippen LogP contribution >= 0.6 is 11.3 Å². The molecule has 1 rings (SSSR count). The lowest BCUT2D eigenvalue weighted by Crippen LogP contribution is -2.34. The van der Waals surface area contributed by atoms with Crippen LogP contribution in [0.4, 0.5) is 0 Å². The number of carbonyl (C=O) groups excluding carboxylic acids is 1. The molecule has 7 nitrogen and oxygen atoms in total. The number of carbonyl (C=O) groups is 2. The van der Waals surface area contributed by atoms with Crippen LogP contribution < -0.4 is 10.0 Å². The number of nitrogens with one attached hydrogen (secondary N) is 2. The molecule has 19 heavy (non-hydrogen) atoms. The van der Waals surface area contributed by atoms with Gasteiger partial charge in [-0.05, 0) is 12.1 Å². The smallest absolute Gasteiger partial charge is 0.345 e. The number of aromatic carboxylic acids is 1. The standard InChI is InChI=1S/C10H14N2O5S2/c1-2-12-19(16,17)6-5-11-9(13)7-3-4-8(18-7)10(14)15/h3-4,12H,2,5-6H2,1H3,(H,11,13)(H,14,15). The summed E-state index contributed by atoms with van der Waals surface area (Å²) in [5.74, 6) is -1.80. The molecule has 0 radical (unpaired) electrons. The number of carboxylic acids is 1. The van der Waals surface area contributed by atoms with Crippen LogP contribution in [0, 0.1) is 0 Å². The SMILES string of the molecule is CCNS(=O)(=O)CCNC(=O)c1ccc(C(=O)O)s1. The Bertz CT molecular complexity index is 564. The minimum atomic E-state index is -3.37. The van der Waals surface area contributed by atoms with Crippen molar-refractivity contribution in [2.24, 2.45) is 0 Å². The van der Waals surface area contributed by atoms with Crippen LogP contribution in [0.3, 0.4) is 0 Å². The van der Waals surface area contributed by atoms with Crippen molar-refractivity contribution >= 4 is 33.2 Å². The zero-order chi connectivity index (χ0) is 14.5. The van der Waals surface area contributed by atoms with E-state index in [9.17, 15) is 18.0 Å². The van der Waals surface area contributed by atoms with Crippen molar-refractivity contribution in [1.82, 2.24) is 10.0 Å². The maximum Gasteiger partial charge on any atom is 0.345 e. The summed E-state index contributed by atoms with van der Waals surface area (Å²) in [5, 5.41) is 11.1. The third-order valence-corrected chi connectivity index (χ3v) is 4.60. The van der Waals surface area contributed by atoms with Crippen LogP contribution in [0.1, 0.15) is 26.3 Å². The van der Waals surface area contributed by atoms with Crippen LogP contribution in [0.5, 0.6) is 0 Å². The van der Waals surface area contributed by atoms with Crippen molar-refractivity contribution in [3.63, 3.8) is 0 Å². The first-order chi connectivity index (χ1) is 8.85. The molecule has 0 aliphatic heterocycles. The van der Waals surface area contributed by atoms with Crippen LogP contribution in [0.25, 0.3) is 0 Å². The van der Waals surface area contributed by atoms with Gasteiger partial charge in [0.05, 0.1) is 10.6 Å². The lowest BCUT2D eigenvalue weighted by molar-refractivity contribution is 0.0702. The number of hydrogen-bond acceptors (Lipinski definition) is 5. The van der Waals surface area contributed by atoms with E-state index in [1.165, 1.54) is 12.1 Å². The average Bonchev–Trinajstić information content (AvgIpc) is 2.77. The van der Waals surface area contributed by atoms with Gasteiger partial charge in [-0.1, -0.05) is 6.92 Å². The summed E-state index contributed by atoms with van der Waals surface area (Å²) in [7, 11) is -3.37. The summed E-state index contributed by atoms with van der Waals surface area (Å²) in [4.78, 5) is 22.6. The topological polar surface area (TPSA) is 113 Å². The van der Waals surface area contributed by atoms with Gasteiger partial charge in [0.25, 0.3) is 5.91 Å². The average molecular weight is 306 g/mol. The highest BCUT2D eigenvalue weighted by molar-refractivity contribution is 7.89. The molecule has 0 aromatic carbocycles. The van der Waals surface area contributed by atoms with Crippen LogP contribution in [0.15, 0.2) is 12.1 Å². The first kappa shape index (κ1) is 15.6. The fourth-order valence-corrected chi connectivity index (χ4v) is 2.97. The molecule has 0 saturated carbocycles. The molecule has 0 unspecified atom stereocenters. The van der Waals surface area contributed by atoms with Crippen LogP contribution in [-0.2, 0) is 10.0 Å². The molecular weight excluding hydrogens is 292 g/mol. The molecular formula is C10H14N2O5S2. The highest BCUT2D eigenvalue weighted by Gasteiger charge is 2.14. The summed E-state index contributed by atoms with van der Waals surface area (Å²) in [6, 6.07) is 2.72. The minimum Gasteiger partial charge on any atom is -0.477 e. The second kappa shape index (κ2) is 6.64. The van der Waals surface area contributed by atoms with E-state index in [-0.39, 0.29) is 22.1 Å². The monoisotopic (exact) mass is 306 g/mol. The molecule has 9 heteroatoms. The van der Waals surface area contributed by atoms with E-state index in [4.69, 9.17) is 5.11 Å². The zero-order valence-corrected chi connectivity index (χ0v) is 11.8. The fourth-order valence-electron chi connectivity index (χ4n) is 1.25. The van der Waals surface area contributed by atoms with Crippen molar-refractivity contribution < 1.29 is 23.1 Å². The van der Waals surface area contributed by atoms with E-state index >= 15 is 0 Å². The Kier molecular flexibility index (Phi) is 5.45. The highest BCUT2D eigenvalue weighted by atomic mass is 32.2. The molecule has 1 aromatic rings. The first-order valence-electron chi connectivity index (χ1n) is 5.44. The fraction of sp³-hybridized carbons (Fsp3) is 0.400. The van der Waals surface area contributed by atoms with E-state index in [1.54, 1.807) is 6.92 Å². The Hall–Kier alpha value is -1.45. The van der Waals surface area contributed by atoms with E-state index in [0.717, 1.165) is 11.3 Å². The number of rotatable bonds is 7. The summed E-state index contributed by atoms with van der Waals surface area (Å²) in [5.41, 5.74) is 0. The molecule has 0 atom stereocenters. The van der Waals surface area contributed by atoms with Gasteiger partial charge in [0, 0.05) is 13.1 Å². The number of sulfonamides is 1. The predicted molar refractivity (Wildman–Crippen MR) is 71.1 cm³/mol. The summed E-state index contributed by atoms with van der Waals surface area (Å²) in [6.07, 6.45) is 0. The Balaban J connectivity index is 2.49. The van der Waals surface area contributed by atoms with Crippen molar-refractivity contribution in [3.05, 3.63) is 21.9 Å². The molecule has 0 aliphatic carbocycles. The lowest BCUT2D eigenvalue weighted by atomic mass is 10.4.